The lowest BCUT2D eigenvalue weighted by atomic mass is 10.0. The number of carbonyl (C=O) groups excluding carboxylic acids is 1. The molecule has 1 N–H and O–H groups in total. The van der Waals surface area contributed by atoms with E-state index in [1.54, 1.807) is 0 Å². The summed E-state index contributed by atoms with van der Waals surface area (Å²) in [5.74, 6) is 0.318. The zero-order valence-electron chi connectivity index (χ0n) is 12.9. The van der Waals surface area contributed by atoms with E-state index in [0.29, 0.717) is 12.5 Å². The minimum absolute atomic E-state index is 0.180. The maximum atomic E-state index is 11.7. The van der Waals surface area contributed by atoms with Crippen molar-refractivity contribution < 1.29 is 9.53 Å². The van der Waals surface area contributed by atoms with E-state index in [1.807, 2.05) is 31.2 Å². The molecule has 0 aromatic heterocycles. The molecular weight excluding hydrogens is 250 g/mol. The molecular formula is C17H27NO2. The number of carbonyl (C=O) groups is 1. The van der Waals surface area contributed by atoms with Crippen LogP contribution in [0, 0.1) is 12.8 Å². The maximum absolute atomic E-state index is 11.7. The molecule has 0 spiro atoms. The molecule has 0 bridgehead atoms. The summed E-state index contributed by atoms with van der Waals surface area (Å²) in [7, 11) is 0. The fourth-order valence-corrected chi connectivity index (χ4v) is 2.01. The van der Waals surface area contributed by atoms with Crippen LogP contribution in [0.25, 0.3) is 0 Å². The molecule has 1 unspecified atom stereocenters. The van der Waals surface area contributed by atoms with Gasteiger partial charge in [0.25, 0.3) is 0 Å². The predicted octanol–water partition coefficient (Wildman–Crippen LogP) is 4.17. The molecule has 0 saturated carbocycles. The highest BCUT2D eigenvalue weighted by Crippen LogP contribution is 2.13. The Morgan fingerprint density at radius 1 is 1.25 bits per heavy atom. The number of anilines is 1. The summed E-state index contributed by atoms with van der Waals surface area (Å²) in [6.07, 6.45) is 4.61. The monoisotopic (exact) mass is 277 g/mol. The van der Waals surface area contributed by atoms with Crippen molar-refractivity contribution >= 4 is 11.7 Å². The Morgan fingerprint density at radius 2 is 1.95 bits per heavy atom. The summed E-state index contributed by atoms with van der Waals surface area (Å²) in [5, 5.41) is 3.08. The van der Waals surface area contributed by atoms with Crippen LogP contribution in [-0.4, -0.2) is 19.1 Å². The summed E-state index contributed by atoms with van der Waals surface area (Å²) in [6.45, 7) is 7.15. The number of esters is 1. The molecule has 0 heterocycles. The lowest BCUT2D eigenvalue weighted by Crippen LogP contribution is -2.20. The molecule has 1 atom stereocenters. The second kappa shape index (κ2) is 9.40. The van der Waals surface area contributed by atoms with Crippen LogP contribution in [0.5, 0.6) is 0 Å². The molecule has 1 aromatic rings. The zero-order valence-corrected chi connectivity index (χ0v) is 12.9. The predicted molar refractivity (Wildman–Crippen MR) is 83.9 cm³/mol. The van der Waals surface area contributed by atoms with Crippen molar-refractivity contribution in [2.24, 2.45) is 5.92 Å². The summed E-state index contributed by atoms with van der Waals surface area (Å²) < 4.78 is 5.34. The second-order valence-electron chi connectivity index (χ2n) is 5.32. The fourth-order valence-electron chi connectivity index (χ4n) is 2.01. The largest absolute Gasteiger partial charge is 0.464 e. The summed E-state index contributed by atoms with van der Waals surface area (Å²) >= 11 is 0. The highest BCUT2D eigenvalue weighted by molar-refractivity contribution is 5.74. The van der Waals surface area contributed by atoms with Crippen LogP contribution in [0.2, 0.25) is 0 Å². The number of benzene rings is 1. The van der Waals surface area contributed by atoms with Gasteiger partial charge in [0.15, 0.2) is 0 Å². The highest BCUT2D eigenvalue weighted by Gasteiger charge is 2.09. The van der Waals surface area contributed by atoms with Gasteiger partial charge in [-0.15, -0.1) is 0 Å². The van der Waals surface area contributed by atoms with Crippen molar-refractivity contribution in [3.05, 3.63) is 29.8 Å². The van der Waals surface area contributed by atoms with E-state index < -0.39 is 0 Å². The third-order valence-corrected chi connectivity index (χ3v) is 3.51. The van der Waals surface area contributed by atoms with Gasteiger partial charge >= 0.3 is 5.97 Å². The van der Waals surface area contributed by atoms with Crippen molar-refractivity contribution in [2.75, 3.05) is 18.5 Å². The molecule has 112 valence electrons. The number of hydrogen-bond acceptors (Lipinski definition) is 3. The van der Waals surface area contributed by atoms with E-state index in [1.165, 1.54) is 18.4 Å². The molecule has 0 radical (unpaired) electrons. The van der Waals surface area contributed by atoms with E-state index in [0.717, 1.165) is 18.5 Å². The fraction of sp³-hybridized carbons (Fsp3) is 0.588. The molecule has 1 aromatic carbocycles. The first-order valence-electron chi connectivity index (χ1n) is 7.61. The van der Waals surface area contributed by atoms with E-state index in [2.05, 4.69) is 19.2 Å². The second-order valence-corrected chi connectivity index (χ2v) is 5.32. The average Bonchev–Trinajstić information content (AvgIpc) is 2.47. The SMILES string of the molecule is CCCCC(CC)COC(=O)CNc1ccc(C)cc1. The van der Waals surface area contributed by atoms with Gasteiger partial charge in [0.05, 0.1) is 6.61 Å². The molecule has 0 saturated heterocycles. The molecule has 0 aliphatic rings. The van der Waals surface area contributed by atoms with Crippen molar-refractivity contribution in [1.82, 2.24) is 0 Å². The van der Waals surface area contributed by atoms with Gasteiger partial charge in [-0.2, -0.15) is 0 Å². The molecule has 0 aliphatic carbocycles. The van der Waals surface area contributed by atoms with Crippen LogP contribution < -0.4 is 5.32 Å². The van der Waals surface area contributed by atoms with Crippen molar-refractivity contribution in [2.45, 2.75) is 46.5 Å². The van der Waals surface area contributed by atoms with Gasteiger partial charge in [0, 0.05) is 5.69 Å². The molecule has 0 aliphatic heterocycles. The molecule has 1 rings (SSSR count). The highest BCUT2D eigenvalue weighted by atomic mass is 16.5. The number of nitrogens with one attached hydrogen (secondary N) is 1. The lowest BCUT2D eigenvalue weighted by Gasteiger charge is -2.15. The minimum Gasteiger partial charge on any atom is -0.464 e. The topological polar surface area (TPSA) is 38.3 Å². The molecule has 0 amide bonds. The first-order chi connectivity index (χ1) is 9.65. The van der Waals surface area contributed by atoms with Crippen LogP contribution in [0.3, 0.4) is 0 Å². The van der Waals surface area contributed by atoms with E-state index >= 15 is 0 Å². The van der Waals surface area contributed by atoms with Gasteiger partial charge < -0.3 is 10.1 Å². The Hall–Kier alpha value is -1.51. The van der Waals surface area contributed by atoms with Gasteiger partial charge in [-0.05, 0) is 31.4 Å². The van der Waals surface area contributed by atoms with Gasteiger partial charge in [-0.1, -0.05) is 50.8 Å². The van der Waals surface area contributed by atoms with Gasteiger partial charge in [-0.25, -0.2) is 0 Å². The number of ether oxygens (including phenoxy) is 1. The number of aryl methyl sites for hydroxylation is 1. The molecule has 20 heavy (non-hydrogen) atoms. The Morgan fingerprint density at radius 3 is 2.55 bits per heavy atom. The first-order valence-corrected chi connectivity index (χ1v) is 7.61. The first kappa shape index (κ1) is 16.5. The van der Waals surface area contributed by atoms with Crippen molar-refractivity contribution in [3.8, 4) is 0 Å². The molecule has 3 heteroatoms. The lowest BCUT2D eigenvalue weighted by molar-refractivity contribution is -0.143. The maximum Gasteiger partial charge on any atom is 0.325 e. The third kappa shape index (κ3) is 6.60. The van der Waals surface area contributed by atoms with Gasteiger partial charge in [-0.3, -0.25) is 4.79 Å². The van der Waals surface area contributed by atoms with Crippen LogP contribution >= 0.6 is 0 Å². The summed E-state index contributed by atoms with van der Waals surface area (Å²) in [4.78, 5) is 11.7. The van der Waals surface area contributed by atoms with Crippen LogP contribution in [0.4, 0.5) is 5.69 Å². The van der Waals surface area contributed by atoms with E-state index in [-0.39, 0.29) is 12.5 Å². The molecule has 3 nitrogen and oxygen atoms in total. The molecule has 0 fully saturated rings. The quantitative estimate of drug-likeness (QED) is 0.689. The number of rotatable bonds is 9. The van der Waals surface area contributed by atoms with Gasteiger partial charge in [0.1, 0.15) is 6.54 Å². The van der Waals surface area contributed by atoms with E-state index in [4.69, 9.17) is 4.74 Å². The number of hydrogen-bond donors (Lipinski definition) is 1. The average molecular weight is 277 g/mol. The van der Waals surface area contributed by atoms with Crippen LogP contribution in [0.1, 0.15) is 45.1 Å². The Balaban J connectivity index is 2.24. The van der Waals surface area contributed by atoms with Crippen molar-refractivity contribution in [3.63, 3.8) is 0 Å². The van der Waals surface area contributed by atoms with Crippen molar-refractivity contribution in [1.29, 1.82) is 0 Å². The normalized spacial score (nSPS) is 11.9. The Bertz CT molecular complexity index is 386. The van der Waals surface area contributed by atoms with Gasteiger partial charge in [0.2, 0.25) is 0 Å². The van der Waals surface area contributed by atoms with Crippen LogP contribution in [-0.2, 0) is 9.53 Å². The third-order valence-electron chi connectivity index (χ3n) is 3.51. The zero-order chi connectivity index (χ0) is 14.8. The smallest absolute Gasteiger partial charge is 0.325 e. The summed E-state index contributed by atoms with van der Waals surface area (Å²) in [5.41, 5.74) is 2.16. The van der Waals surface area contributed by atoms with E-state index in [9.17, 15) is 4.79 Å². The Kier molecular flexibility index (Phi) is 7.78. The standard InChI is InChI=1S/C17H27NO2/c1-4-6-7-15(5-2)13-20-17(19)12-18-16-10-8-14(3)9-11-16/h8-11,15,18H,4-7,12-13H2,1-3H3. The summed E-state index contributed by atoms with van der Waals surface area (Å²) in [6, 6.07) is 7.98. The minimum atomic E-state index is -0.180. The Labute approximate surface area is 122 Å². The van der Waals surface area contributed by atoms with Crippen LogP contribution in [0.15, 0.2) is 24.3 Å². The number of unbranched alkanes of at least 4 members (excludes halogenated alkanes) is 1.